The van der Waals surface area contributed by atoms with E-state index in [1.54, 1.807) is 50.4 Å². The van der Waals surface area contributed by atoms with E-state index in [4.69, 9.17) is 16.3 Å². The third-order valence-electron chi connectivity index (χ3n) is 5.77. The molecule has 0 radical (unpaired) electrons. The number of benzene rings is 2. The number of methoxy groups -OCH3 is 1. The molecule has 2 aromatic carbocycles. The van der Waals surface area contributed by atoms with Crippen LogP contribution in [0.15, 0.2) is 42.6 Å². The summed E-state index contributed by atoms with van der Waals surface area (Å²) in [6, 6.07) is 6.49. The van der Waals surface area contributed by atoms with E-state index >= 15 is 0 Å². The van der Waals surface area contributed by atoms with Crippen molar-refractivity contribution < 1.29 is 23.0 Å². The highest BCUT2D eigenvalue weighted by atomic mass is 35.5. The van der Waals surface area contributed by atoms with Crippen LogP contribution in [0.4, 0.5) is 18.9 Å². The molecule has 0 aliphatic heterocycles. The lowest BCUT2D eigenvalue weighted by Gasteiger charge is -2.44. The number of fused-ring (bicyclic) bond motifs is 2. The minimum Gasteiger partial charge on any atom is -0.496 e. The number of aromatic nitrogens is 2. The molecule has 1 aliphatic rings. The maximum absolute atomic E-state index is 14.3. The van der Waals surface area contributed by atoms with E-state index in [2.05, 4.69) is 15.3 Å². The van der Waals surface area contributed by atoms with Crippen molar-refractivity contribution >= 4 is 33.8 Å². The molecule has 0 saturated carbocycles. The third-order valence-corrected chi connectivity index (χ3v) is 5.99. The first kappa shape index (κ1) is 22.4. The van der Waals surface area contributed by atoms with Crippen LogP contribution in [0.1, 0.15) is 36.3 Å². The van der Waals surface area contributed by atoms with Gasteiger partial charge in [0.2, 0.25) is 0 Å². The van der Waals surface area contributed by atoms with Crippen LogP contribution in [0.2, 0.25) is 5.02 Å². The van der Waals surface area contributed by atoms with Gasteiger partial charge in [-0.05, 0) is 49.2 Å². The molecule has 0 amide bonds. The fraction of sp³-hybridized carbons (Fsp3) is 0.304. The summed E-state index contributed by atoms with van der Waals surface area (Å²) >= 11 is 6.23. The SMILES string of the molecule is CC=C1CC(O)(C(F)(F)F)C(Nc2cccc3nc(C)ncc23)c2cc(Cl)cc(OC)c21. The van der Waals surface area contributed by atoms with Crippen LogP contribution in [0.25, 0.3) is 16.5 Å². The summed E-state index contributed by atoms with van der Waals surface area (Å²) < 4.78 is 48.4. The average molecular weight is 464 g/mol. The fourth-order valence-corrected chi connectivity index (χ4v) is 4.43. The molecule has 2 N–H and O–H groups in total. The minimum absolute atomic E-state index is 0.193. The number of nitrogens with one attached hydrogen (secondary N) is 1. The molecule has 0 spiro atoms. The molecule has 32 heavy (non-hydrogen) atoms. The van der Waals surface area contributed by atoms with E-state index in [1.807, 2.05) is 0 Å². The van der Waals surface area contributed by atoms with Gasteiger partial charge in [0.15, 0.2) is 5.60 Å². The van der Waals surface area contributed by atoms with Crippen molar-refractivity contribution in [2.45, 2.75) is 38.1 Å². The van der Waals surface area contributed by atoms with Gasteiger partial charge in [-0.3, -0.25) is 0 Å². The Bertz CT molecular complexity index is 1230. The number of aryl methyl sites for hydroxylation is 1. The Morgan fingerprint density at radius 3 is 2.72 bits per heavy atom. The average Bonchev–Trinajstić information content (AvgIpc) is 2.73. The van der Waals surface area contributed by atoms with Crippen molar-refractivity contribution in [2.24, 2.45) is 0 Å². The largest absolute Gasteiger partial charge is 0.496 e. The quantitative estimate of drug-likeness (QED) is 0.509. The van der Waals surface area contributed by atoms with Crippen LogP contribution in [-0.2, 0) is 0 Å². The van der Waals surface area contributed by atoms with E-state index in [-0.39, 0.29) is 10.6 Å². The van der Waals surface area contributed by atoms with Gasteiger partial charge in [0.25, 0.3) is 0 Å². The summed E-state index contributed by atoms with van der Waals surface area (Å²) in [4.78, 5) is 8.51. The lowest BCUT2D eigenvalue weighted by Crippen LogP contribution is -2.54. The first-order valence-corrected chi connectivity index (χ1v) is 10.3. The van der Waals surface area contributed by atoms with E-state index in [9.17, 15) is 18.3 Å². The Kier molecular flexibility index (Phi) is 5.55. The molecule has 0 bridgehead atoms. The van der Waals surface area contributed by atoms with Crippen LogP contribution in [0.5, 0.6) is 5.75 Å². The lowest BCUT2D eigenvalue weighted by atomic mass is 9.72. The van der Waals surface area contributed by atoms with E-state index in [0.717, 1.165) is 0 Å². The summed E-state index contributed by atoms with van der Waals surface area (Å²) in [7, 11) is 1.43. The highest BCUT2D eigenvalue weighted by Gasteiger charge is 2.61. The molecule has 4 rings (SSSR count). The van der Waals surface area contributed by atoms with E-state index in [0.29, 0.717) is 39.3 Å². The van der Waals surface area contributed by atoms with Crippen LogP contribution < -0.4 is 10.1 Å². The van der Waals surface area contributed by atoms with Gasteiger partial charge < -0.3 is 15.2 Å². The number of aliphatic hydroxyl groups is 1. The summed E-state index contributed by atoms with van der Waals surface area (Å²) in [5, 5.41) is 14.8. The molecule has 3 aromatic rings. The Morgan fingerprint density at radius 1 is 1.31 bits per heavy atom. The Balaban J connectivity index is 1.97. The molecule has 0 fully saturated rings. The number of anilines is 1. The predicted molar refractivity (Wildman–Crippen MR) is 118 cm³/mol. The first-order chi connectivity index (χ1) is 15.1. The number of allylic oxidation sites excluding steroid dienone is 1. The molecule has 1 aromatic heterocycles. The van der Waals surface area contributed by atoms with Gasteiger partial charge in [0.05, 0.1) is 18.7 Å². The van der Waals surface area contributed by atoms with E-state index < -0.39 is 24.2 Å². The van der Waals surface area contributed by atoms with Crippen LogP contribution in [0, 0.1) is 6.92 Å². The zero-order valence-corrected chi connectivity index (χ0v) is 18.3. The maximum Gasteiger partial charge on any atom is 0.419 e. The molecule has 1 aliphatic carbocycles. The Hall–Kier alpha value is -2.84. The second-order valence-electron chi connectivity index (χ2n) is 7.72. The number of alkyl halides is 3. The van der Waals surface area contributed by atoms with Crippen molar-refractivity contribution in [2.75, 3.05) is 12.4 Å². The normalized spacial score (nSPS) is 22.1. The van der Waals surface area contributed by atoms with Crippen LogP contribution in [-0.4, -0.2) is 34.0 Å². The molecule has 2 atom stereocenters. The molecular weight excluding hydrogens is 443 g/mol. The number of rotatable bonds is 3. The van der Waals surface area contributed by atoms with Gasteiger partial charge in [-0.15, -0.1) is 0 Å². The predicted octanol–water partition coefficient (Wildman–Crippen LogP) is 5.85. The van der Waals surface area contributed by atoms with Gasteiger partial charge in [-0.1, -0.05) is 23.7 Å². The minimum atomic E-state index is -4.93. The number of ether oxygens (including phenoxy) is 1. The molecule has 1 heterocycles. The Labute approximate surface area is 187 Å². The Morgan fingerprint density at radius 2 is 2.06 bits per heavy atom. The van der Waals surface area contributed by atoms with Crippen molar-refractivity contribution in [3.8, 4) is 5.75 Å². The smallest absolute Gasteiger partial charge is 0.419 e. The molecular formula is C23H21ClF3N3O2. The number of hydrogen-bond acceptors (Lipinski definition) is 5. The lowest BCUT2D eigenvalue weighted by molar-refractivity contribution is -0.265. The molecule has 0 saturated heterocycles. The topological polar surface area (TPSA) is 67.3 Å². The van der Waals surface area contributed by atoms with Gasteiger partial charge in [-0.2, -0.15) is 13.2 Å². The van der Waals surface area contributed by atoms with E-state index in [1.165, 1.54) is 13.2 Å². The second-order valence-corrected chi connectivity index (χ2v) is 8.15. The van der Waals surface area contributed by atoms with Crippen molar-refractivity contribution in [1.82, 2.24) is 9.97 Å². The van der Waals surface area contributed by atoms with Crippen LogP contribution >= 0.6 is 11.6 Å². The molecule has 5 nitrogen and oxygen atoms in total. The van der Waals surface area contributed by atoms with Gasteiger partial charge in [-0.25, -0.2) is 9.97 Å². The number of halogens is 4. The first-order valence-electron chi connectivity index (χ1n) is 9.90. The van der Waals surface area contributed by atoms with Gasteiger partial charge in [0.1, 0.15) is 11.6 Å². The standard InChI is InChI=1S/C23H21ClF3N3O2/c1-4-13-10-22(31,23(25,26)27)21(15-8-14(24)9-19(32-3)20(13)15)30-18-7-5-6-17-16(18)11-28-12(2)29-17/h4-9,11,21,30-31H,10H2,1-3H3. The molecule has 9 heteroatoms. The van der Waals surface area contributed by atoms with Gasteiger partial charge >= 0.3 is 6.18 Å². The summed E-state index contributed by atoms with van der Waals surface area (Å²) in [5.41, 5.74) is -1.15. The zero-order valence-electron chi connectivity index (χ0n) is 17.6. The highest BCUT2D eigenvalue weighted by molar-refractivity contribution is 6.31. The summed E-state index contributed by atoms with van der Waals surface area (Å²) in [6.07, 6.45) is -2.47. The fourth-order valence-electron chi connectivity index (χ4n) is 4.21. The molecule has 168 valence electrons. The summed E-state index contributed by atoms with van der Waals surface area (Å²) in [5.74, 6) is 0.882. The van der Waals surface area contributed by atoms with Gasteiger partial charge in [0, 0.05) is 34.3 Å². The maximum atomic E-state index is 14.3. The van der Waals surface area contributed by atoms with Crippen LogP contribution in [0.3, 0.4) is 0 Å². The summed E-state index contributed by atoms with van der Waals surface area (Å²) in [6.45, 7) is 3.36. The third kappa shape index (κ3) is 3.57. The van der Waals surface area contributed by atoms with Crippen molar-refractivity contribution in [3.05, 3.63) is 64.6 Å². The monoisotopic (exact) mass is 463 g/mol. The number of hydrogen-bond donors (Lipinski definition) is 2. The van der Waals surface area contributed by atoms with Crippen molar-refractivity contribution in [3.63, 3.8) is 0 Å². The van der Waals surface area contributed by atoms with Crippen molar-refractivity contribution in [1.29, 1.82) is 0 Å². The second kappa shape index (κ2) is 7.94. The zero-order chi connectivity index (χ0) is 23.3. The molecule has 2 unspecified atom stereocenters. The highest BCUT2D eigenvalue weighted by Crippen LogP contribution is 2.54. The number of nitrogens with zero attached hydrogens (tertiary/aromatic N) is 2.